The Labute approximate surface area is 170 Å². The smallest absolute Gasteiger partial charge is 0.338 e. The largest absolute Gasteiger partial charge is 0.462 e. The minimum Gasteiger partial charge on any atom is -0.462 e. The van der Waals surface area contributed by atoms with E-state index in [1.807, 2.05) is 11.8 Å². The zero-order chi connectivity index (χ0) is 20.6. The van der Waals surface area contributed by atoms with Crippen molar-refractivity contribution in [3.05, 3.63) is 47.3 Å². The third-order valence-electron chi connectivity index (χ3n) is 4.61. The van der Waals surface area contributed by atoms with Crippen molar-refractivity contribution < 1.29 is 19.1 Å². The van der Waals surface area contributed by atoms with Crippen LogP contribution in [0.15, 0.2) is 30.5 Å². The highest BCUT2D eigenvalue weighted by atomic mass is 16.5. The number of carbonyl (C=O) groups is 2. The molecule has 0 spiro atoms. The number of benzene rings is 1. The first-order chi connectivity index (χ1) is 14.1. The van der Waals surface area contributed by atoms with E-state index in [9.17, 15) is 9.59 Å². The summed E-state index contributed by atoms with van der Waals surface area (Å²) in [5, 5.41) is 2.81. The number of nitrogens with one attached hydrogen (secondary N) is 1. The first-order valence-corrected chi connectivity index (χ1v) is 9.83. The van der Waals surface area contributed by atoms with Gasteiger partial charge in [0.1, 0.15) is 0 Å². The third kappa shape index (κ3) is 5.51. The maximum absolute atomic E-state index is 12.6. The third-order valence-corrected chi connectivity index (χ3v) is 4.61. The second kappa shape index (κ2) is 9.97. The summed E-state index contributed by atoms with van der Waals surface area (Å²) < 4.78 is 10.5. The summed E-state index contributed by atoms with van der Waals surface area (Å²) in [6.07, 6.45) is 3.35. The molecule has 1 amide bonds. The molecule has 1 N–H and O–H groups in total. The average molecular weight is 398 g/mol. The highest BCUT2D eigenvalue weighted by Gasteiger charge is 2.17. The van der Waals surface area contributed by atoms with Gasteiger partial charge in [-0.3, -0.25) is 4.79 Å². The first-order valence-electron chi connectivity index (χ1n) is 9.83. The van der Waals surface area contributed by atoms with E-state index in [1.165, 1.54) is 0 Å². The Balaban J connectivity index is 1.61. The Morgan fingerprint density at radius 1 is 1.21 bits per heavy atom. The molecule has 0 atom stereocenters. The molecule has 2 heterocycles. The molecule has 3 rings (SSSR count). The monoisotopic (exact) mass is 398 g/mol. The van der Waals surface area contributed by atoms with E-state index in [0.717, 1.165) is 25.9 Å². The molecule has 2 aromatic rings. The van der Waals surface area contributed by atoms with Crippen molar-refractivity contribution in [2.75, 3.05) is 43.1 Å². The summed E-state index contributed by atoms with van der Waals surface area (Å²) in [7, 11) is 0. The molecule has 0 saturated carbocycles. The maximum atomic E-state index is 12.6. The Morgan fingerprint density at radius 3 is 2.59 bits per heavy atom. The van der Waals surface area contributed by atoms with Crippen molar-refractivity contribution in [2.45, 2.75) is 26.7 Å². The Bertz CT molecular complexity index is 848. The number of rotatable bonds is 7. The van der Waals surface area contributed by atoms with Crippen LogP contribution in [-0.2, 0) is 9.47 Å². The Kier molecular flexibility index (Phi) is 7.13. The number of aryl methyl sites for hydroxylation is 1. The molecule has 29 heavy (non-hydrogen) atoms. The van der Waals surface area contributed by atoms with Gasteiger partial charge < -0.3 is 19.7 Å². The van der Waals surface area contributed by atoms with E-state index in [4.69, 9.17) is 9.47 Å². The fourth-order valence-electron chi connectivity index (χ4n) is 2.87. The van der Waals surface area contributed by atoms with Crippen molar-refractivity contribution >= 4 is 23.5 Å². The molecule has 0 aliphatic carbocycles. The minimum atomic E-state index is -0.362. The summed E-state index contributed by atoms with van der Waals surface area (Å²) in [6.45, 7) is 6.99. The van der Waals surface area contributed by atoms with Gasteiger partial charge in [-0.05, 0) is 37.6 Å². The molecular formula is C21H26N4O4. The summed E-state index contributed by atoms with van der Waals surface area (Å²) in [4.78, 5) is 35.4. The number of esters is 1. The van der Waals surface area contributed by atoms with E-state index in [1.54, 1.807) is 37.4 Å². The number of morpholine rings is 1. The first kappa shape index (κ1) is 20.7. The van der Waals surface area contributed by atoms with Gasteiger partial charge in [-0.1, -0.05) is 13.3 Å². The molecular weight excluding hydrogens is 372 g/mol. The van der Waals surface area contributed by atoms with Crippen LogP contribution in [0.2, 0.25) is 0 Å². The summed E-state index contributed by atoms with van der Waals surface area (Å²) in [5.74, 6) is -0.0538. The number of carbonyl (C=O) groups excluding carboxylic acids is 2. The molecule has 8 heteroatoms. The maximum Gasteiger partial charge on any atom is 0.338 e. The normalized spacial score (nSPS) is 13.8. The standard InChI is InChI=1S/C21H26N4O4/c1-3-4-11-29-20(27)16-5-7-17(8-6-16)24-19(26)18-14-22-21(23-15(18)2)25-9-12-28-13-10-25/h5-8,14H,3-4,9-13H2,1-2H3,(H,24,26). The van der Waals surface area contributed by atoms with Crippen LogP contribution >= 0.6 is 0 Å². The SMILES string of the molecule is CCCCOC(=O)c1ccc(NC(=O)c2cnc(N3CCOCC3)nc2C)cc1. The number of aromatic nitrogens is 2. The molecule has 1 aromatic carbocycles. The van der Waals surface area contributed by atoms with E-state index < -0.39 is 0 Å². The Hall–Kier alpha value is -3.00. The van der Waals surface area contributed by atoms with Gasteiger partial charge in [0.15, 0.2) is 0 Å². The Morgan fingerprint density at radius 2 is 1.93 bits per heavy atom. The second-order valence-electron chi connectivity index (χ2n) is 6.79. The number of hydrogen-bond acceptors (Lipinski definition) is 7. The van der Waals surface area contributed by atoms with E-state index in [-0.39, 0.29) is 11.9 Å². The number of hydrogen-bond donors (Lipinski definition) is 1. The molecule has 0 bridgehead atoms. The molecule has 1 aliphatic heterocycles. The molecule has 8 nitrogen and oxygen atoms in total. The van der Waals surface area contributed by atoms with Crippen LogP contribution in [0, 0.1) is 6.92 Å². The topological polar surface area (TPSA) is 93.6 Å². The van der Waals surface area contributed by atoms with Crippen molar-refractivity contribution in [3.8, 4) is 0 Å². The number of unbranched alkanes of at least 4 members (excludes halogenated alkanes) is 1. The molecule has 1 fully saturated rings. The second-order valence-corrected chi connectivity index (χ2v) is 6.79. The van der Waals surface area contributed by atoms with E-state index in [0.29, 0.717) is 48.3 Å². The van der Waals surface area contributed by atoms with Gasteiger partial charge >= 0.3 is 5.97 Å². The lowest BCUT2D eigenvalue weighted by Gasteiger charge is -2.27. The lowest BCUT2D eigenvalue weighted by molar-refractivity contribution is 0.0499. The van der Waals surface area contributed by atoms with Gasteiger partial charge in [-0.2, -0.15) is 0 Å². The molecule has 1 aliphatic rings. The molecule has 154 valence electrons. The van der Waals surface area contributed by atoms with Crippen molar-refractivity contribution in [3.63, 3.8) is 0 Å². The summed E-state index contributed by atoms with van der Waals surface area (Å²) in [6, 6.07) is 6.61. The van der Waals surface area contributed by atoms with Gasteiger partial charge in [0.2, 0.25) is 5.95 Å². The van der Waals surface area contributed by atoms with Gasteiger partial charge in [0.25, 0.3) is 5.91 Å². The molecule has 0 radical (unpaired) electrons. The van der Waals surface area contributed by atoms with Gasteiger partial charge in [-0.25, -0.2) is 14.8 Å². The van der Waals surface area contributed by atoms with Gasteiger partial charge in [0.05, 0.1) is 36.6 Å². The van der Waals surface area contributed by atoms with Crippen LogP contribution in [0.4, 0.5) is 11.6 Å². The highest BCUT2D eigenvalue weighted by molar-refractivity contribution is 6.05. The number of nitrogens with zero attached hydrogens (tertiary/aromatic N) is 3. The molecule has 1 aromatic heterocycles. The number of anilines is 2. The van der Waals surface area contributed by atoms with Gasteiger partial charge in [0, 0.05) is 25.0 Å². The number of amides is 1. The quantitative estimate of drug-likeness (QED) is 0.566. The van der Waals surface area contributed by atoms with Crippen molar-refractivity contribution in [2.24, 2.45) is 0 Å². The van der Waals surface area contributed by atoms with Crippen LogP contribution in [0.1, 0.15) is 46.2 Å². The predicted molar refractivity (Wildman–Crippen MR) is 109 cm³/mol. The molecule has 1 saturated heterocycles. The lowest BCUT2D eigenvalue weighted by Crippen LogP contribution is -2.37. The zero-order valence-corrected chi connectivity index (χ0v) is 16.8. The van der Waals surface area contributed by atoms with Gasteiger partial charge in [-0.15, -0.1) is 0 Å². The minimum absolute atomic E-state index is 0.297. The summed E-state index contributed by atoms with van der Waals surface area (Å²) >= 11 is 0. The molecule has 0 unspecified atom stereocenters. The zero-order valence-electron chi connectivity index (χ0n) is 16.8. The van der Waals surface area contributed by atoms with Crippen LogP contribution in [-0.4, -0.2) is 54.8 Å². The lowest BCUT2D eigenvalue weighted by atomic mass is 10.2. The summed E-state index contributed by atoms with van der Waals surface area (Å²) in [5.41, 5.74) is 2.05. The fraction of sp³-hybridized carbons (Fsp3) is 0.429. The van der Waals surface area contributed by atoms with Crippen LogP contribution in [0.3, 0.4) is 0 Å². The average Bonchev–Trinajstić information content (AvgIpc) is 2.75. The van der Waals surface area contributed by atoms with Crippen LogP contribution < -0.4 is 10.2 Å². The predicted octanol–water partition coefficient (Wildman–Crippen LogP) is 2.83. The number of ether oxygens (including phenoxy) is 2. The van der Waals surface area contributed by atoms with Crippen LogP contribution in [0.25, 0.3) is 0 Å². The van der Waals surface area contributed by atoms with Crippen molar-refractivity contribution in [1.29, 1.82) is 0 Å². The van der Waals surface area contributed by atoms with E-state index >= 15 is 0 Å². The van der Waals surface area contributed by atoms with Crippen LogP contribution in [0.5, 0.6) is 0 Å². The highest BCUT2D eigenvalue weighted by Crippen LogP contribution is 2.16. The fourth-order valence-corrected chi connectivity index (χ4v) is 2.87. The van der Waals surface area contributed by atoms with E-state index in [2.05, 4.69) is 15.3 Å². The van der Waals surface area contributed by atoms with Crippen molar-refractivity contribution in [1.82, 2.24) is 9.97 Å².